The molecule has 4 nitrogen and oxygen atoms in total. The summed E-state index contributed by atoms with van der Waals surface area (Å²) in [6.07, 6.45) is 7.22. The van der Waals surface area contributed by atoms with E-state index in [1.54, 1.807) is 0 Å². The summed E-state index contributed by atoms with van der Waals surface area (Å²) in [6, 6.07) is 25.6. The van der Waals surface area contributed by atoms with Crippen molar-refractivity contribution in [1.82, 2.24) is 0 Å². The molecule has 0 aromatic heterocycles. The van der Waals surface area contributed by atoms with Gasteiger partial charge in [0.15, 0.2) is 5.78 Å². The fourth-order valence-corrected chi connectivity index (χ4v) is 7.91. The largest absolute Gasteiger partial charge is 0.492 e. The number of rotatable bonds is 8. The lowest BCUT2D eigenvalue weighted by Gasteiger charge is -2.28. The van der Waals surface area contributed by atoms with Gasteiger partial charge in [0, 0.05) is 40.3 Å². The molecule has 2 unspecified atom stereocenters. The van der Waals surface area contributed by atoms with E-state index in [9.17, 15) is 4.79 Å². The Hall–Kier alpha value is -4.15. The molecule has 0 bridgehead atoms. The van der Waals surface area contributed by atoms with Crippen LogP contribution in [0.25, 0.3) is 28.3 Å². The number of allylic oxidation sites excluding steroid dienone is 1. The fraction of sp³-hybridized carbons (Fsp3) is 0.491. The third-order valence-corrected chi connectivity index (χ3v) is 10.9. The van der Waals surface area contributed by atoms with Gasteiger partial charge in [0.25, 0.3) is 0 Å². The topological polar surface area (TPSA) is 44.8 Å². The lowest BCUT2D eigenvalue weighted by Crippen LogP contribution is -2.17. The molecule has 1 fully saturated rings. The zero-order chi connectivity index (χ0) is 41.7. The Kier molecular flexibility index (Phi) is 14.4. The highest BCUT2D eigenvalue weighted by atomic mass is 16.5. The van der Waals surface area contributed by atoms with Gasteiger partial charge in [-0.25, -0.2) is 0 Å². The fourth-order valence-electron chi connectivity index (χ4n) is 7.91. The number of Topliss-reactive ketones (excluding diaryl/α,β-unsaturated/α-hetero) is 1. The molecule has 1 heterocycles. The van der Waals surface area contributed by atoms with Crippen LogP contribution in [-0.2, 0) is 28.4 Å². The van der Waals surface area contributed by atoms with E-state index in [-0.39, 0.29) is 22.5 Å². The van der Waals surface area contributed by atoms with E-state index >= 15 is 0 Å². The zero-order valence-corrected chi connectivity index (χ0v) is 37.4. The molecule has 0 radical (unpaired) electrons. The number of carbonyl (C=O) groups excluding carboxylic acids is 1. The highest BCUT2D eigenvalue weighted by molar-refractivity contribution is 6.05. The summed E-state index contributed by atoms with van der Waals surface area (Å²) < 4.78 is 18.0. The van der Waals surface area contributed by atoms with Crippen molar-refractivity contribution in [3.63, 3.8) is 0 Å². The van der Waals surface area contributed by atoms with Crippen molar-refractivity contribution < 1.29 is 19.0 Å². The van der Waals surface area contributed by atoms with E-state index in [2.05, 4.69) is 156 Å². The van der Waals surface area contributed by atoms with Gasteiger partial charge in [-0.05, 0) is 102 Å². The first kappa shape index (κ1) is 44.0. The van der Waals surface area contributed by atoms with E-state index in [1.807, 2.05) is 13.0 Å². The van der Waals surface area contributed by atoms with Gasteiger partial charge in [0.2, 0.25) is 0 Å². The predicted octanol–water partition coefficient (Wildman–Crippen LogP) is 13.9. The van der Waals surface area contributed by atoms with Crippen molar-refractivity contribution in [2.75, 3.05) is 19.8 Å². The van der Waals surface area contributed by atoms with Crippen LogP contribution in [0.15, 0.2) is 78.4 Å². The molecule has 2 atom stereocenters. The van der Waals surface area contributed by atoms with Crippen LogP contribution in [0.3, 0.4) is 0 Å². The Morgan fingerprint density at radius 1 is 0.719 bits per heavy atom. The summed E-state index contributed by atoms with van der Waals surface area (Å²) in [6.45, 7) is 30.9. The first-order valence-electron chi connectivity index (χ1n) is 21.5. The van der Waals surface area contributed by atoms with Crippen LogP contribution in [0, 0.1) is 17.8 Å². The van der Waals surface area contributed by atoms with Crippen molar-refractivity contribution in [2.24, 2.45) is 17.8 Å². The molecule has 4 aromatic rings. The second-order valence-corrected chi connectivity index (χ2v) is 19.5. The average Bonchev–Trinajstić information content (AvgIpc) is 3.86. The monoisotopic (exact) mass is 771 g/mol. The Labute approximate surface area is 345 Å². The summed E-state index contributed by atoms with van der Waals surface area (Å²) in [7, 11) is 0. The summed E-state index contributed by atoms with van der Waals surface area (Å²) in [5.41, 5.74) is 13.4. The van der Waals surface area contributed by atoms with Crippen LogP contribution < -0.4 is 9.47 Å². The van der Waals surface area contributed by atoms with E-state index in [4.69, 9.17) is 14.2 Å². The second-order valence-electron chi connectivity index (χ2n) is 19.5. The molecular weight excluding hydrogens is 701 g/mol. The molecule has 0 N–H and O–H groups in total. The number of hydrogen-bond donors (Lipinski definition) is 0. The van der Waals surface area contributed by atoms with Gasteiger partial charge in [0.05, 0.1) is 19.3 Å². The minimum atomic E-state index is -0.100. The minimum absolute atomic E-state index is 0.0369. The molecular formula is C53H70O4. The maximum absolute atomic E-state index is 12.8. The standard InChI is InChI=1S/C24H30O2.C24H30O.C5H10O/c1-15(2)14-26-23-20(24(4,5)6)13-19-18(12-16(3)22(19)25)21(23)17-10-8-7-9-11-17;1-16(2)15-25-23-21(24(4,5)6)14-19-12-17(3)13-20(19)22(23)18-10-8-7-9-11-18;1-5-3-2-4-6-5/h7-11,13,15-16H,12,14H2,1-6H3;7-12,14,16H,13,15H2,1-6H3;5H,2-4H2,1H3. The SMILES string of the molecule is CC(C)COc1c(C(C)(C)C)cc2c(c1-c1ccccc1)CC(C)C2=O.CC1=Cc2cc(C(C)(C)C)c(OCC(C)C)c(-c3ccccc3)c2C1.CC1CCCO1. The Bertz CT molecular complexity index is 2000. The normalized spacial score (nSPS) is 17.4. The van der Waals surface area contributed by atoms with Crippen LogP contribution in [0.5, 0.6) is 11.5 Å². The molecule has 3 aliphatic rings. The van der Waals surface area contributed by atoms with Gasteiger partial charge < -0.3 is 14.2 Å². The van der Waals surface area contributed by atoms with Gasteiger partial charge in [-0.2, -0.15) is 0 Å². The molecule has 1 saturated heterocycles. The van der Waals surface area contributed by atoms with Crippen molar-refractivity contribution in [2.45, 2.75) is 133 Å². The van der Waals surface area contributed by atoms with Crippen molar-refractivity contribution in [3.05, 3.63) is 112 Å². The lowest BCUT2D eigenvalue weighted by atomic mass is 9.81. The van der Waals surface area contributed by atoms with E-state index in [1.165, 1.54) is 46.2 Å². The first-order chi connectivity index (χ1) is 26.9. The molecule has 0 saturated carbocycles. The van der Waals surface area contributed by atoms with E-state index in [0.29, 0.717) is 24.5 Å². The number of ketones is 1. The Morgan fingerprint density at radius 3 is 1.63 bits per heavy atom. The van der Waals surface area contributed by atoms with E-state index in [0.717, 1.165) is 65.4 Å². The predicted molar refractivity (Wildman–Crippen MR) is 241 cm³/mol. The van der Waals surface area contributed by atoms with Gasteiger partial charge in [0.1, 0.15) is 11.5 Å². The van der Waals surface area contributed by atoms with Gasteiger partial charge >= 0.3 is 0 Å². The summed E-state index contributed by atoms with van der Waals surface area (Å²) in [4.78, 5) is 12.8. The minimum Gasteiger partial charge on any atom is -0.492 e. The molecule has 306 valence electrons. The molecule has 2 aliphatic carbocycles. The summed E-state index contributed by atoms with van der Waals surface area (Å²) >= 11 is 0. The Morgan fingerprint density at radius 2 is 1.21 bits per heavy atom. The van der Waals surface area contributed by atoms with Gasteiger partial charge in [-0.3, -0.25) is 4.79 Å². The molecule has 7 rings (SSSR count). The first-order valence-corrected chi connectivity index (χ1v) is 21.5. The third kappa shape index (κ3) is 10.9. The molecule has 0 spiro atoms. The quantitative estimate of drug-likeness (QED) is 0.179. The molecule has 0 amide bonds. The maximum Gasteiger partial charge on any atom is 0.166 e. The average molecular weight is 771 g/mol. The number of ether oxygens (including phenoxy) is 3. The highest BCUT2D eigenvalue weighted by Crippen LogP contribution is 2.48. The summed E-state index contributed by atoms with van der Waals surface area (Å²) in [5, 5.41) is 0. The van der Waals surface area contributed by atoms with Crippen LogP contribution in [0.1, 0.15) is 141 Å². The lowest BCUT2D eigenvalue weighted by molar-refractivity contribution is 0.0946. The number of hydrogen-bond acceptors (Lipinski definition) is 4. The van der Waals surface area contributed by atoms with Crippen LogP contribution in [0.2, 0.25) is 0 Å². The van der Waals surface area contributed by atoms with Crippen LogP contribution >= 0.6 is 0 Å². The molecule has 4 aromatic carbocycles. The highest BCUT2D eigenvalue weighted by Gasteiger charge is 2.35. The number of carbonyl (C=O) groups is 1. The van der Waals surface area contributed by atoms with Gasteiger partial charge in [-0.15, -0.1) is 0 Å². The van der Waals surface area contributed by atoms with Crippen LogP contribution in [-0.4, -0.2) is 31.7 Å². The van der Waals surface area contributed by atoms with Crippen molar-refractivity contribution in [3.8, 4) is 33.8 Å². The Balaban J connectivity index is 0.000000190. The zero-order valence-electron chi connectivity index (χ0n) is 37.4. The molecule has 4 heteroatoms. The molecule has 1 aliphatic heterocycles. The van der Waals surface area contributed by atoms with E-state index < -0.39 is 0 Å². The number of benzene rings is 4. The third-order valence-electron chi connectivity index (χ3n) is 10.9. The summed E-state index contributed by atoms with van der Waals surface area (Å²) in [5.74, 6) is 3.29. The van der Waals surface area contributed by atoms with Crippen LogP contribution in [0.4, 0.5) is 0 Å². The number of fused-ring (bicyclic) bond motifs is 2. The van der Waals surface area contributed by atoms with Crippen molar-refractivity contribution >= 4 is 11.9 Å². The smallest absolute Gasteiger partial charge is 0.166 e. The molecule has 57 heavy (non-hydrogen) atoms. The van der Waals surface area contributed by atoms with Gasteiger partial charge in [-0.1, -0.05) is 148 Å². The second kappa shape index (κ2) is 18.6. The maximum atomic E-state index is 12.8. The van der Waals surface area contributed by atoms with Crippen molar-refractivity contribution in [1.29, 1.82) is 0 Å².